The van der Waals surface area contributed by atoms with Crippen LogP contribution >= 0.6 is 12.2 Å². The summed E-state index contributed by atoms with van der Waals surface area (Å²) in [6.45, 7) is 7.12. The van der Waals surface area contributed by atoms with E-state index in [1.165, 1.54) is 0 Å². The Morgan fingerprint density at radius 2 is 1.82 bits per heavy atom. The number of ether oxygens (including phenoxy) is 1. The van der Waals surface area contributed by atoms with Crippen LogP contribution in [0.25, 0.3) is 11.5 Å². The van der Waals surface area contributed by atoms with Crippen LogP contribution in [-0.4, -0.2) is 58.0 Å². The number of nitrogens with zero attached hydrogens (tertiary/aromatic N) is 5. The summed E-state index contributed by atoms with van der Waals surface area (Å²) in [5, 5.41) is 8.49. The van der Waals surface area contributed by atoms with Crippen LogP contribution in [0.4, 0.5) is 0 Å². The van der Waals surface area contributed by atoms with Crippen LogP contribution in [-0.2, 0) is 13.2 Å². The molecule has 2 aromatic heterocycles. The molecule has 4 rings (SSSR count). The van der Waals surface area contributed by atoms with Crippen molar-refractivity contribution in [1.29, 1.82) is 0 Å². The van der Waals surface area contributed by atoms with Crippen LogP contribution in [0.1, 0.15) is 11.5 Å². The summed E-state index contributed by atoms with van der Waals surface area (Å²) in [6.07, 6.45) is 0. The minimum Gasteiger partial charge on any atom is -0.497 e. The van der Waals surface area contributed by atoms with Gasteiger partial charge in [-0.2, -0.15) is 0 Å². The topological polar surface area (TPSA) is 72.7 Å². The minimum absolute atomic E-state index is 0.380. The summed E-state index contributed by atoms with van der Waals surface area (Å²) < 4.78 is 17.9. The van der Waals surface area contributed by atoms with Crippen molar-refractivity contribution in [1.82, 2.24) is 24.7 Å². The lowest BCUT2D eigenvalue weighted by molar-refractivity contribution is 0.0914. The highest BCUT2D eigenvalue weighted by Gasteiger charge is 2.20. The largest absolute Gasteiger partial charge is 0.497 e. The number of methoxy groups -OCH3 is 1. The van der Waals surface area contributed by atoms with Gasteiger partial charge in [0.15, 0.2) is 5.76 Å². The monoisotopic (exact) mass is 401 g/mol. The summed E-state index contributed by atoms with van der Waals surface area (Å²) in [5.41, 5.74) is 1.79. The highest BCUT2D eigenvalue weighted by molar-refractivity contribution is 7.71. The first-order valence-corrected chi connectivity index (χ1v) is 9.61. The van der Waals surface area contributed by atoms with Gasteiger partial charge in [-0.15, -0.1) is 5.10 Å². The van der Waals surface area contributed by atoms with Gasteiger partial charge in [-0.05, 0) is 43.4 Å². The fraction of sp³-hybridized carbons (Fsp3) is 0.421. The molecule has 8 nitrogen and oxygen atoms in total. The summed E-state index contributed by atoms with van der Waals surface area (Å²) in [4.78, 5) is 5.06. The summed E-state index contributed by atoms with van der Waals surface area (Å²) in [6, 6.07) is 9.56. The first-order valence-electron chi connectivity index (χ1n) is 9.20. The third-order valence-corrected chi connectivity index (χ3v) is 5.09. The molecule has 0 radical (unpaired) electrons. The van der Waals surface area contributed by atoms with Gasteiger partial charge >= 0.3 is 0 Å². The zero-order valence-electron chi connectivity index (χ0n) is 16.0. The highest BCUT2D eigenvalue weighted by Crippen LogP contribution is 2.21. The van der Waals surface area contributed by atoms with Crippen molar-refractivity contribution in [3.05, 3.63) is 46.6 Å². The Hall–Kier alpha value is -2.49. The maximum atomic E-state index is 5.69. The minimum atomic E-state index is 0.380. The Balaban J connectivity index is 1.35. The second-order valence-corrected chi connectivity index (χ2v) is 7.22. The van der Waals surface area contributed by atoms with Crippen LogP contribution in [0.3, 0.4) is 0 Å². The number of benzene rings is 1. The smallest absolute Gasteiger partial charge is 0.288 e. The third kappa shape index (κ3) is 4.32. The van der Waals surface area contributed by atoms with E-state index in [2.05, 4.69) is 20.1 Å². The molecule has 0 saturated carbocycles. The molecule has 1 fully saturated rings. The second-order valence-electron chi connectivity index (χ2n) is 6.87. The van der Waals surface area contributed by atoms with Gasteiger partial charge in [0.05, 0.1) is 26.0 Å². The van der Waals surface area contributed by atoms with Crippen LogP contribution < -0.4 is 4.74 Å². The number of hydrogen-bond acceptors (Lipinski definition) is 8. The van der Waals surface area contributed by atoms with Gasteiger partial charge in [-0.1, -0.05) is 5.16 Å². The van der Waals surface area contributed by atoms with Gasteiger partial charge in [0.2, 0.25) is 5.89 Å². The number of aromatic nitrogens is 3. The fourth-order valence-corrected chi connectivity index (χ4v) is 3.41. The van der Waals surface area contributed by atoms with Crippen molar-refractivity contribution in [2.45, 2.75) is 20.1 Å². The normalized spacial score (nSPS) is 15.8. The van der Waals surface area contributed by atoms with Crippen molar-refractivity contribution >= 4 is 12.2 Å². The van der Waals surface area contributed by atoms with E-state index in [1.54, 1.807) is 11.8 Å². The number of rotatable bonds is 6. The first-order chi connectivity index (χ1) is 13.6. The standard InChI is InChI=1S/C19H23N5O3S/c1-14-11-17(27-21-14)12-22-7-9-23(10-8-22)13-24-19(28)26-18(20-24)15-3-5-16(25-2)6-4-15/h3-6,11H,7-10,12-13H2,1-2H3. The predicted molar refractivity (Wildman–Crippen MR) is 105 cm³/mol. The molecule has 148 valence electrons. The van der Waals surface area contributed by atoms with Gasteiger partial charge in [0, 0.05) is 37.8 Å². The molecular weight excluding hydrogens is 378 g/mol. The average Bonchev–Trinajstić information content (AvgIpc) is 3.29. The van der Waals surface area contributed by atoms with Crippen LogP contribution in [0.15, 0.2) is 39.3 Å². The quantitative estimate of drug-likeness (QED) is 0.584. The second kappa shape index (κ2) is 8.26. The van der Waals surface area contributed by atoms with Gasteiger partial charge in [0.25, 0.3) is 4.84 Å². The maximum absolute atomic E-state index is 5.69. The molecule has 0 bridgehead atoms. The predicted octanol–water partition coefficient (Wildman–Crippen LogP) is 2.95. The lowest BCUT2D eigenvalue weighted by Gasteiger charge is -2.33. The molecular formula is C19H23N5O3S. The van der Waals surface area contributed by atoms with Gasteiger partial charge in [-0.25, -0.2) is 4.68 Å². The van der Waals surface area contributed by atoms with Crippen molar-refractivity contribution in [3.63, 3.8) is 0 Å². The van der Waals surface area contributed by atoms with E-state index in [-0.39, 0.29) is 0 Å². The Labute approximate surface area is 168 Å². The van der Waals surface area contributed by atoms with E-state index in [1.807, 2.05) is 37.3 Å². The molecule has 1 aromatic carbocycles. The Bertz CT molecular complexity index is 970. The van der Waals surface area contributed by atoms with Crippen LogP contribution in [0.5, 0.6) is 5.75 Å². The van der Waals surface area contributed by atoms with E-state index < -0.39 is 0 Å². The van der Waals surface area contributed by atoms with Crippen molar-refractivity contribution in [3.8, 4) is 17.2 Å². The molecule has 0 unspecified atom stereocenters. The molecule has 0 aliphatic carbocycles. The first kappa shape index (κ1) is 18.9. The molecule has 0 N–H and O–H groups in total. The molecule has 0 amide bonds. The average molecular weight is 401 g/mol. The van der Waals surface area contributed by atoms with Gasteiger partial charge in [-0.3, -0.25) is 9.80 Å². The fourth-order valence-electron chi connectivity index (χ4n) is 3.24. The zero-order valence-corrected chi connectivity index (χ0v) is 16.8. The molecule has 0 atom stereocenters. The maximum Gasteiger partial charge on any atom is 0.288 e. The zero-order chi connectivity index (χ0) is 19.5. The molecule has 3 aromatic rings. The van der Waals surface area contributed by atoms with Gasteiger partial charge < -0.3 is 13.7 Å². The van der Waals surface area contributed by atoms with Crippen molar-refractivity contribution in [2.75, 3.05) is 33.3 Å². The van der Waals surface area contributed by atoms with Crippen LogP contribution in [0, 0.1) is 11.8 Å². The molecule has 28 heavy (non-hydrogen) atoms. The lowest BCUT2D eigenvalue weighted by Crippen LogP contribution is -2.46. The third-order valence-electron chi connectivity index (χ3n) is 4.80. The molecule has 0 spiro atoms. The molecule has 1 aliphatic heterocycles. The number of hydrogen-bond donors (Lipinski definition) is 0. The Morgan fingerprint density at radius 1 is 1.11 bits per heavy atom. The van der Waals surface area contributed by atoms with E-state index in [4.69, 9.17) is 25.9 Å². The Kier molecular flexibility index (Phi) is 5.56. The molecule has 3 heterocycles. The summed E-state index contributed by atoms with van der Waals surface area (Å²) in [5.74, 6) is 2.22. The van der Waals surface area contributed by atoms with E-state index in [0.29, 0.717) is 17.4 Å². The lowest BCUT2D eigenvalue weighted by atomic mass is 10.2. The molecule has 9 heteroatoms. The highest BCUT2D eigenvalue weighted by atomic mass is 32.1. The molecule has 1 saturated heterocycles. The Morgan fingerprint density at radius 3 is 2.46 bits per heavy atom. The number of aryl methyl sites for hydroxylation is 1. The summed E-state index contributed by atoms with van der Waals surface area (Å²) >= 11 is 5.35. The molecule has 1 aliphatic rings. The van der Waals surface area contributed by atoms with E-state index in [9.17, 15) is 0 Å². The van der Waals surface area contributed by atoms with Gasteiger partial charge in [0.1, 0.15) is 5.75 Å². The van der Waals surface area contributed by atoms with E-state index >= 15 is 0 Å². The van der Waals surface area contributed by atoms with Crippen molar-refractivity contribution < 1.29 is 13.7 Å². The van der Waals surface area contributed by atoms with Crippen LogP contribution in [0.2, 0.25) is 0 Å². The summed E-state index contributed by atoms with van der Waals surface area (Å²) in [7, 11) is 1.64. The number of piperazine rings is 1. The van der Waals surface area contributed by atoms with E-state index in [0.717, 1.165) is 55.5 Å². The SMILES string of the molecule is COc1ccc(-c2nn(CN3CCN(Cc4cc(C)no4)CC3)c(=S)o2)cc1. The van der Waals surface area contributed by atoms with Crippen molar-refractivity contribution in [2.24, 2.45) is 0 Å².